The third kappa shape index (κ3) is 5.55. The Labute approximate surface area is 201 Å². The van der Waals surface area contributed by atoms with Crippen molar-refractivity contribution in [1.82, 2.24) is 9.62 Å². The molecule has 1 heterocycles. The summed E-state index contributed by atoms with van der Waals surface area (Å²) in [6.45, 7) is 2.95. The van der Waals surface area contributed by atoms with E-state index in [1.54, 1.807) is 24.0 Å². The smallest absolute Gasteiger partial charge is 0.253 e. The van der Waals surface area contributed by atoms with Crippen molar-refractivity contribution in [3.63, 3.8) is 0 Å². The van der Waals surface area contributed by atoms with Gasteiger partial charge < -0.3 is 10.0 Å². The van der Waals surface area contributed by atoms with Gasteiger partial charge in [-0.3, -0.25) is 4.79 Å². The summed E-state index contributed by atoms with van der Waals surface area (Å²) in [4.78, 5) is 15.0. The summed E-state index contributed by atoms with van der Waals surface area (Å²) in [5.41, 5.74) is 2.69. The zero-order chi connectivity index (χ0) is 24.1. The summed E-state index contributed by atoms with van der Waals surface area (Å²) in [7, 11) is -3.78. The molecular formula is C27H30N2O4S. The first-order valence-corrected chi connectivity index (χ1v) is 13.0. The Morgan fingerprint density at radius 1 is 1.00 bits per heavy atom. The number of carbonyl (C=O) groups is 1. The molecule has 0 aromatic heterocycles. The predicted octanol–water partition coefficient (Wildman–Crippen LogP) is 4.06. The van der Waals surface area contributed by atoms with Gasteiger partial charge in [0.15, 0.2) is 0 Å². The summed E-state index contributed by atoms with van der Waals surface area (Å²) in [5, 5.41) is 10.7. The van der Waals surface area contributed by atoms with Crippen LogP contribution in [0.25, 0.3) is 0 Å². The molecule has 1 saturated heterocycles. The molecule has 0 radical (unpaired) electrons. The zero-order valence-corrected chi connectivity index (χ0v) is 20.0. The van der Waals surface area contributed by atoms with Gasteiger partial charge >= 0.3 is 0 Å². The molecule has 4 rings (SSSR count). The fraction of sp³-hybridized carbons (Fsp3) is 0.296. The number of benzene rings is 3. The van der Waals surface area contributed by atoms with E-state index in [1.807, 2.05) is 60.7 Å². The number of hydrogen-bond acceptors (Lipinski definition) is 4. The lowest BCUT2D eigenvalue weighted by atomic mass is 9.87. The van der Waals surface area contributed by atoms with E-state index >= 15 is 0 Å². The van der Waals surface area contributed by atoms with Crippen molar-refractivity contribution in [3.05, 3.63) is 101 Å². The largest absolute Gasteiger partial charge is 0.388 e. The Bertz CT molecular complexity index is 1220. The molecule has 1 amide bonds. The number of hydrogen-bond donors (Lipinski definition) is 2. The van der Waals surface area contributed by atoms with E-state index in [2.05, 4.69) is 4.72 Å². The van der Waals surface area contributed by atoms with Gasteiger partial charge in [-0.1, -0.05) is 66.7 Å². The van der Waals surface area contributed by atoms with Gasteiger partial charge in [0.25, 0.3) is 5.91 Å². The number of aliphatic hydroxyl groups is 1. The van der Waals surface area contributed by atoms with E-state index in [4.69, 9.17) is 0 Å². The Kier molecular flexibility index (Phi) is 7.46. The quantitative estimate of drug-likeness (QED) is 0.536. The summed E-state index contributed by atoms with van der Waals surface area (Å²) >= 11 is 0. The molecular weight excluding hydrogens is 448 g/mol. The maximum absolute atomic E-state index is 13.2. The van der Waals surface area contributed by atoms with Crippen LogP contribution in [0.2, 0.25) is 0 Å². The van der Waals surface area contributed by atoms with Gasteiger partial charge in [-0.05, 0) is 54.5 Å². The van der Waals surface area contributed by atoms with E-state index < -0.39 is 16.1 Å². The lowest BCUT2D eigenvalue weighted by Gasteiger charge is -2.34. The minimum Gasteiger partial charge on any atom is -0.388 e. The number of sulfonamides is 1. The Morgan fingerprint density at radius 3 is 2.26 bits per heavy atom. The summed E-state index contributed by atoms with van der Waals surface area (Å²) in [5.74, 6) is -0.102. The number of piperidine rings is 1. The van der Waals surface area contributed by atoms with Crippen LogP contribution >= 0.6 is 0 Å². The summed E-state index contributed by atoms with van der Waals surface area (Å²) in [6, 6.07) is 23.7. The number of carbonyl (C=O) groups excluding carboxylic acids is 1. The Balaban J connectivity index is 1.42. The van der Waals surface area contributed by atoms with Crippen molar-refractivity contribution in [3.8, 4) is 0 Å². The van der Waals surface area contributed by atoms with Crippen molar-refractivity contribution in [2.45, 2.75) is 37.3 Å². The molecule has 6 nitrogen and oxygen atoms in total. The van der Waals surface area contributed by atoms with Gasteiger partial charge in [0.1, 0.15) is 0 Å². The number of aliphatic hydroxyl groups excluding tert-OH is 1. The van der Waals surface area contributed by atoms with Crippen molar-refractivity contribution in [2.75, 3.05) is 13.1 Å². The van der Waals surface area contributed by atoms with E-state index in [-0.39, 0.29) is 23.3 Å². The number of rotatable bonds is 7. The zero-order valence-electron chi connectivity index (χ0n) is 19.2. The molecule has 0 bridgehead atoms. The monoisotopic (exact) mass is 478 g/mol. The van der Waals surface area contributed by atoms with Crippen molar-refractivity contribution >= 4 is 15.9 Å². The van der Waals surface area contributed by atoms with Gasteiger partial charge in [0.05, 0.1) is 11.0 Å². The van der Waals surface area contributed by atoms with Crippen LogP contribution in [-0.4, -0.2) is 37.4 Å². The molecule has 7 heteroatoms. The Hall–Kier alpha value is -3.00. The number of likely N-dealkylation sites (tertiary alicyclic amines) is 1. The lowest BCUT2D eigenvalue weighted by Crippen LogP contribution is -2.39. The van der Waals surface area contributed by atoms with Crippen LogP contribution in [0.1, 0.15) is 46.0 Å². The van der Waals surface area contributed by atoms with E-state index in [1.165, 1.54) is 6.07 Å². The van der Waals surface area contributed by atoms with Gasteiger partial charge in [0.2, 0.25) is 10.0 Å². The summed E-state index contributed by atoms with van der Waals surface area (Å²) < 4.78 is 28.6. The molecule has 3 aromatic rings. The van der Waals surface area contributed by atoms with Crippen LogP contribution in [0, 0.1) is 12.8 Å². The standard InChI is InChI=1S/C27H30N2O4S/c1-20-12-13-24(18-25(20)34(32,33)28-19-21-8-4-2-5-9-21)27(31)29-16-14-23(15-17-29)26(30)22-10-6-3-7-11-22/h2-13,18,23,26,28,30H,14-17,19H2,1H3. The van der Waals surface area contributed by atoms with Crippen molar-refractivity contribution in [1.29, 1.82) is 0 Å². The van der Waals surface area contributed by atoms with Gasteiger partial charge in [-0.15, -0.1) is 0 Å². The number of amides is 1. The molecule has 0 aliphatic carbocycles. The maximum Gasteiger partial charge on any atom is 0.253 e. The second kappa shape index (κ2) is 10.5. The highest BCUT2D eigenvalue weighted by Crippen LogP contribution is 2.31. The van der Waals surface area contributed by atoms with Crippen molar-refractivity contribution in [2.24, 2.45) is 5.92 Å². The van der Waals surface area contributed by atoms with Crippen LogP contribution in [0.3, 0.4) is 0 Å². The second-order valence-corrected chi connectivity index (χ2v) is 10.5. The first-order chi connectivity index (χ1) is 16.3. The van der Waals surface area contributed by atoms with Crippen molar-refractivity contribution < 1.29 is 18.3 Å². The predicted molar refractivity (Wildman–Crippen MR) is 132 cm³/mol. The number of nitrogens with zero attached hydrogens (tertiary/aromatic N) is 1. The molecule has 34 heavy (non-hydrogen) atoms. The van der Waals surface area contributed by atoms with Gasteiger partial charge in [-0.2, -0.15) is 0 Å². The first kappa shape index (κ1) is 24.1. The molecule has 1 aliphatic heterocycles. The molecule has 2 N–H and O–H groups in total. The van der Waals surface area contributed by atoms with Crippen LogP contribution in [0.5, 0.6) is 0 Å². The Morgan fingerprint density at radius 2 is 1.62 bits per heavy atom. The maximum atomic E-state index is 13.2. The molecule has 0 spiro atoms. The average Bonchev–Trinajstić information content (AvgIpc) is 2.88. The SMILES string of the molecule is Cc1ccc(C(=O)N2CCC(C(O)c3ccccc3)CC2)cc1S(=O)(=O)NCc1ccccc1. The fourth-order valence-electron chi connectivity index (χ4n) is 4.40. The molecule has 1 atom stereocenters. The highest BCUT2D eigenvalue weighted by molar-refractivity contribution is 7.89. The minimum absolute atomic E-state index is 0.0857. The van der Waals surface area contributed by atoms with Crippen LogP contribution in [0.4, 0.5) is 0 Å². The average molecular weight is 479 g/mol. The number of nitrogens with one attached hydrogen (secondary N) is 1. The topological polar surface area (TPSA) is 86.7 Å². The van der Waals surface area contributed by atoms with Crippen LogP contribution in [-0.2, 0) is 16.6 Å². The van der Waals surface area contributed by atoms with Gasteiger partial charge in [0, 0.05) is 25.2 Å². The molecule has 1 unspecified atom stereocenters. The minimum atomic E-state index is -3.78. The molecule has 1 aliphatic rings. The highest BCUT2D eigenvalue weighted by atomic mass is 32.2. The second-order valence-electron chi connectivity index (χ2n) is 8.78. The van der Waals surface area contributed by atoms with Crippen LogP contribution in [0.15, 0.2) is 83.8 Å². The normalized spacial score (nSPS) is 15.8. The number of aryl methyl sites for hydroxylation is 1. The van der Waals surface area contributed by atoms with E-state index in [0.29, 0.717) is 37.1 Å². The summed E-state index contributed by atoms with van der Waals surface area (Å²) in [6.07, 6.45) is 0.833. The molecule has 1 fully saturated rings. The third-order valence-electron chi connectivity index (χ3n) is 6.45. The highest BCUT2D eigenvalue weighted by Gasteiger charge is 2.29. The third-order valence-corrected chi connectivity index (χ3v) is 7.99. The molecule has 3 aromatic carbocycles. The molecule has 178 valence electrons. The van der Waals surface area contributed by atoms with E-state index in [0.717, 1.165) is 11.1 Å². The van der Waals surface area contributed by atoms with Crippen LogP contribution < -0.4 is 4.72 Å². The van der Waals surface area contributed by atoms with Gasteiger partial charge in [-0.25, -0.2) is 13.1 Å². The molecule has 0 saturated carbocycles. The fourth-order valence-corrected chi connectivity index (χ4v) is 5.68. The van der Waals surface area contributed by atoms with E-state index in [9.17, 15) is 18.3 Å². The first-order valence-electron chi connectivity index (χ1n) is 11.5. The lowest BCUT2D eigenvalue weighted by molar-refractivity contribution is 0.0462.